The Kier molecular flexibility index (Phi) is 4.66. The summed E-state index contributed by atoms with van der Waals surface area (Å²) >= 11 is 0. The van der Waals surface area contributed by atoms with Gasteiger partial charge >= 0.3 is 0 Å². The molecule has 0 saturated carbocycles. The molecule has 0 unspecified atom stereocenters. The van der Waals surface area contributed by atoms with Gasteiger partial charge in [-0.05, 0) is 18.6 Å². The first-order valence-electron chi connectivity index (χ1n) is 8.26. The zero-order valence-electron chi connectivity index (χ0n) is 14.0. The molecule has 0 aromatic carbocycles. The van der Waals surface area contributed by atoms with Crippen LogP contribution >= 0.6 is 0 Å². The molecule has 2 aliphatic rings. The fourth-order valence-corrected chi connectivity index (χ4v) is 3.88. The lowest BCUT2D eigenvalue weighted by Crippen LogP contribution is -2.72. The van der Waals surface area contributed by atoms with Crippen molar-refractivity contribution in [3.05, 3.63) is 30.1 Å². The smallest absolute Gasteiger partial charge is 0.219 e. The fraction of sp³-hybridized carbons (Fsp3) is 0.647. The number of rotatable bonds is 3. The van der Waals surface area contributed by atoms with Crippen molar-refractivity contribution in [3.8, 4) is 0 Å². The maximum atomic E-state index is 11.9. The van der Waals surface area contributed by atoms with Crippen LogP contribution in [0, 0.1) is 0 Å². The van der Waals surface area contributed by atoms with E-state index in [4.69, 9.17) is 0 Å². The molecular formula is C17H26N4O2. The predicted molar refractivity (Wildman–Crippen MR) is 87.8 cm³/mol. The summed E-state index contributed by atoms with van der Waals surface area (Å²) in [6.07, 6.45) is 3.70. The molecular weight excluding hydrogens is 292 g/mol. The normalized spacial score (nSPS) is 29.3. The van der Waals surface area contributed by atoms with Crippen molar-refractivity contribution in [2.24, 2.45) is 0 Å². The molecule has 0 bridgehead atoms. The minimum absolute atomic E-state index is 0.0793. The van der Waals surface area contributed by atoms with Crippen molar-refractivity contribution in [1.82, 2.24) is 19.7 Å². The monoisotopic (exact) mass is 318 g/mol. The van der Waals surface area contributed by atoms with Gasteiger partial charge in [-0.1, -0.05) is 6.07 Å². The third-order valence-electron chi connectivity index (χ3n) is 5.14. The second-order valence-corrected chi connectivity index (χ2v) is 7.00. The van der Waals surface area contributed by atoms with Crippen molar-refractivity contribution in [1.29, 1.82) is 0 Å². The second-order valence-electron chi connectivity index (χ2n) is 7.00. The molecule has 3 rings (SSSR count). The van der Waals surface area contributed by atoms with E-state index in [1.54, 1.807) is 13.1 Å². The Morgan fingerprint density at radius 3 is 2.91 bits per heavy atom. The van der Waals surface area contributed by atoms with Gasteiger partial charge in [-0.15, -0.1) is 0 Å². The highest BCUT2D eigenvalue weighted by molar-refractivity contribution is 5.73. The van der Waals surface area contributed by atoms with Gasteiger partial charge < -0.3 is 10.0 Å². The number of hydrogen-bond acceptors (Lipinski definition) is 5. The van der Waals surface area contributed by atoms with Crippen LogP contribution in [-0.4, -0.2) is 81.6 Å². The molecule has 126 valence electrons. The topological polar surface area (TPSA) is 59.9 Å². The maximum absolute atomic E-state index is 11.9. The lowest BCUT2D eigenvalue weighted by Gasteiger charge is -2.56. The number of amides is 1. The number of aromatic nitrogens is 1. The van der Waals surface area contributed by atoms with Crippen molar-refractivity contribution in [2.45, 2.75) is 32.0 Å². The summed E-state index contributed by atoms with van der Waals surface area (Å²) in [4.78, 5) is 22.7. The molecule has 0 spiro atoms. The summed E-state index contributed by atoms with van der Waals surface area (Å²) in [7, 11) is 0. The standard InChI is InChI=1S/C17H26N4O2/c1-14(23)20-11-16-10-19(9-15-4-3-5-18-8-15)6-7-21(16)17(2,12-20)13-22/h3-5,8,16,22H,6-7,9-13H2,1-2H3/t16-,17-/m0/s1. The van der Waals surface area contributed by atoms with Crippen LogP contribution in [0.15, 0.2) is 24.5 Å². The molecule has 6 heteroatoms. The first-order chi connectivity index (χ1) is 11.0. The maximum Gasteiger partial charge on any atom is 0.219 e. The predicted octanol–water partition coefficient (Wildman–Crippen LogP) is 0.181. The van der Waals surface area contributed by atoms with Crippen molar-refractivity contribution >= 4 is 5.91 Å². The lowest BCUT2D eigenvalue weighted by atomic mass is 9.91. The minimum atomic E-state index is -0.338. The van der Waals surface area contributed by atoms with Crippen molar-refractivity contribution in [2.75, 3.05) is 39.3 Å². The molecule has 2 saturated heterocycles. The van der Waals surface area contributed by atoms with Crippen LogP contribution in [-0.2, 0) is 11.3 Å². The largest absolute Gasteiger partial charge is 0.394 e. The van der Waals surface area contributed by atoms with Gasteiger partial charge in [0.25, 0.3) is 0 Å². The fourth-order valence-electron chi connectivity index (χ4n) is 3.88. The van der Waals surface area contributed by atoms with E-state index in [2.05, 4.69) is 27.8 Å². The van der Waals surface area contributed by atoms with Gasteiger partial charge in [0.05, 0.1) is 12.1 Å². The Bertz CT molecular complexity index is 553. The Morgan fingerprint density at radius 1 is 1.43 bits per heavy atom. The average molecular weight is 318 g/mol. The Hall–Kier alpha value is -1.50. The summed E-state index contributed by atoms with van der Waals surface area (Å²) in [6.45, 7) is 8.80. The van der Waals surface area contributed by atoms with E-state index in [0.29, 0.717) is 6.54 Å². The molecule has 2 fully saturated rings. The van der Waals surface area contributed by atoms with Gasteiger partial charge in [-0.2, -0.15) is 0 Å². The number of carbonyl (C=O) groups excluding carboxylic acids is 1. The number of pyridine rings is 1. The van der Waals surface area contributed by atoms with Gasteiger partial charge in [0.1, 0.15) is 0 Å². The summed E-state index contributed by atoms with van der Waals surface area (Å²) in [5, 5.41) is 9.89. The summed E-state index contributed by atoms with van der Waals surface area (Å²) in [5.41, 5.74) is 0.875. The van der Waals surface area contributed by atoms with Gasteiger partial charge in [0, 0.05) is 64.6 Å². The van der Waals surface area contributed by atoms with E-state index in [9.17, 15) is 9.90 Å². The molecule has 23 heavy (non-hydrogen) atoms. The van der Waals surface area contributed by atoms with Crippen molar-refractivity contribution < 1.29 is 9.90 Å². The van der Waals surface area contributed by atoms with Crippen LogP contribution in [0.5, 0.6) is 0 Å². The van der Waals surface area contributed by atoms with Crippen molar-refractivity contribution in [3.63, 3.8) is 0 Å². The Morgan fingerprint density at radius 2 is 2.26 bits per heavy atom. The molecule has 1 aromatic heterocycles. The van der Waals surface area contributed by atoms with E-state index in [1.807, 2.05) is 17.2 Å². The van der Waals surface area contributed by atoms with Crippen LogP contribution < -0.4 is 0 Å². The van der Waals surface area contributed by atoms with Crippen LogP contribution in [0.4, 0.5) is 0 Å². The number of aliphatic hydroxyl groups excluding tert-OH is 1. The molecule has 3 heterocycles. The summed E-state index contributed by atoms with van der Waals surface area (Å²) in [6, 6.07) is 4.34. The van der Waals surface area contributed by atoms with E-state index in [-0.39, 0.29) is 24.1 Å². The van der Waals surface area contributed by atoms with Gasteiger partial charge in [-0.25, -0.2) is 0 Å². The first-order valence-corrected chi connectivity index (χ1v) is 8.26. The molecule has 0 radical (unpaired) electrons. The molecule has 2 atom stereocenters. The van der Waals surface area contributed by atoms with Crippen LogP contribution in [0.2, 0.25) is 0 Å². The summed E-state index contributed by atoms with van der Waals surface area (Å²) < 4.78 is 0. The zero-order chi connectivity index (χ0) is 16.4. The number of aliphatic hydroxyl groups is 1. The Balaban J connectivity index is 1.71. The first kappa shape index (κ1) is 16.4. The third kappa shape index (κ3) is 3.39. The van der Waals surface area contributed by atoms with Crippen LogP contribution in [0.25, 0.3) is 0 Å². The van der Waals surface area contributed by atoms with E-state index >= 15 is 0 Å². The highest BCUT2D eigenvalue weighted by atomic mass is 16.3. The molecule has 1 N–H and O–H groups in total. The second kappa shape index (κ2) is 6.55. The minimum Gasteiger partial charge on any atom is -0.394 e. The van der Waals surface area contributed by atoms with E-state index in [1.165, 1.54) is 5.56 Å². The third-order valence-corrected chi connectivity index (χ3v) is 5.14. The Labute approximate surface area is 137 Å². The number of piperazine rings is 2. The van der Waals surface area contributed by atoms with Crippen LogP contribution in [0.3, 0.4) is 0 Å². The molecule has 1 aromatic rings. The highest BCUT2D eigenvalue weighted by Gasteiger charge is 2.45. The number of carbonyl (C=O) groups is 1. The summed E-state index contributed by atoms with van der Waals surface area (Å²) in [5.74, 6) is 0.0914. The molecule has 0 aliphatic carbocycles. The number of hydrogen-bond donors (Lipinski definition) is 1. The molecule has 1 amide bonds. The van der Waals surface area contributed by atoms with Crippen LogP contribution in [0.1, 0.15) is 19.4 Å². The SMILES string of the molecule is CC(=O)N1C[C@@H]2CN(Cc3cccnc3)CCN2[C@](C)(CO)C1. The highest BCUT2D eigenvalue weighted by Crippen LogP contribution is 2.28. The number of nitrogens with zero attached hydrogens (tertiary/aromatic N) is 4. The van der Waals surface area contributed by atoms with Gasteiger partial charge in [-0.3, -0.25) is 19.6 Å². The zero-order valence-corrected chi connectivity index (χ0v) is 14.0. The molecule has 6 nitrogen and oxygen atoms in total. The van der Waals surface area contributed by atoms with Gasteiger partial charge in [0.15, 0.2) is 0 Å². The van der Waals surface area contributed by atoms with Gasteiger partial charge in [0.2, 0.25) is 5.91 Å². The van der Waals surface area contributed by atoms with E-state index in [0.717, 1.165) is 32.7 Å². The number of fused-ring (bicyclic) bond motifs is 1. The molecule has 2 aliphatic heterocycles. The lowest BCUT2D eigenvalue weighted by molar-refractivity contribution is -0.143. The average Bonchev–Trinajstić information content (AvgIpc) is 2.55. The van der Waals surface area contributed by atoms with E-state index < -0.39 is 0 Å². The quantitative estimate of drug-likeness (QED) is 0.862.